The lowest BCUT2D eigenvalue weighted by Crippen LogP contribution is -2.56. The van der Waals surface area contributed by atoms with Crippen LogP contribution in [0.2, 0.25) is 0 Å². The molecule has 3 aromatic heterocycles. The fourth-order valence-corrected chi connectivity index (χ4v) is 5.41. The molecule has 0 saturated carbocycles. The minimum absolute atomic E-state index is 0.0337. The van der Waals surface area contributed by atoms with Crippen LogP contribution < -0.4 is 20.5 Å². The van der Waals surface area contributed by atoms with E-state index < -0.39 is 30.0 Å². The number of fused-ring (bicyclic) bond motifs is 1. The van der Waals surface area contributed by atoms with Crippen molar-refractivity contribution in [3.05, 3.63) is 52.0 Å². The summed E-state index contributed by atoms with van der Waals surface area (Å²) in [6.45, 7) is 8.48. The van der Waals surface area contributed by atoms with Gasteiger partial charge in [0, 0.05) is 57.6 Å². The van der Waals surface area contributed by atoms with Gasteiger partial charge in [-0.2, -0.15) is 13.2 Å². The van der Waals surface area contributed by atoms with E-state index in [0.717, 1.165) is 0 Å². The Morgan fingerprint density at radius 2 is 1.89 bits per heavy atom. The van der Waals surface area contributed by atoms with Gasteiger partial charge in [0.2, 0.25) is 11.3 Å². The quantitative estimate of drug-likeness (QED) is 0.315. The smallest absolute Gasteiger partial charge is 0.412 e. The first-order chi connectivity index (χ1) is 21.7. The zero-order valence-corrected chi connectivity index (χ0v) is 26.5. The summed E-state index contributed by atoms with van der Waals surface area (Å²) in [5.41, 5.74) is -0.138. The number of rotatable bonds is 10. The first kappa shape index (κ1) is 34.1. The van der Waals surface area contributed by atoms with Gasteiger partial charge in [0.1, 0.15) is 24.4 Å². The average Bonchev–Trinajstić information content (AvgIpc) is 3.02. The zero-order valence-electron chi connectivity index (χ0n) is 26.5. The highest BCUT2D eigenvalue weighted by atomic mass is 19.4. The zero-order chi connectivity index (χ0) is 33.9. The number of aromatic nitrogens is 5. The van der Waals surface area contributed by atoms with Gasteiger partial charge in [-0.05, 0) is 26.2 Å². The number of amides is 2. The number of aromatic hydroxyl groups is 1. The van der Waals surface area contributed by atoms with Crippen LogP contribution in [0, 0.1) is 6.92 Å². The lowest BCUT2D eigenvalue weighted by atomic mass is 10.0. The summed E-state index contributed by atoms with van der Waals surface area (Å²) >= 11 is 0. The van der Waals surface area contributed by atoms with Gasteiger partial charge in [-0.3, -0.25) is 14.4 Å². The SMILES string of the molecule is C=C(CCNC(=O)Cn1c(CC)c(N2CCN(C(=O)c3ncnc(C)c3O)CC2CC)c(=O)c2nc(N(C)C)cnc21)C(F)(F)F. The molecule has 46 heavy (non-hydrogen) atoms. The van der Waals surface area contributed by atoms with Crippen LogP contribution in [0.3, 0.4) is 0 Å². The van der Waals surface area contributed by atoms with Gasteiger partial charge < -0.3 is 29.7 Å². The molecule has 1 saturated heterocycles. The molecule has 248 valence electrons. The Balaban J connectivity index is 1.73. The monoisotopic (exact) mass is 645 g/mol. The predicted octanol–water partition coefficient (Wildman–Crippen LogP) is 2.59. The number of pyridine rings is 1. The number of anilines is 2. The van der Waals surface area contributed by atoms with E-state index in [9.17, 15) is 32.7 Å². The van der Waals surface area contributed by atoms with Crippen LogP contribution in [-0.2, 0) is 17.8 Å². The number of carbonyl (C=O) groups is 2. The van der Waals surface area contributed by atoms with Crippen molar-refractivity contribution in [3.63, 3.8) is 0 Å². The fourth-order valence-electron chi connectivity index (χ4n) is 5.41. The highest BCUT2D eigenvalue weighted by Crippen LogP contribution is 2.29. The summed E-state index contributed by atoms with van der Waals surface area (Å²) in [4.78, 5) is 62.8. The summed E-state index contributed by atoms with van der Waals surface area (Å²) in [5.74, 6) is -0.894. The Kier molecular flexibility index (Phi) is 10.2. The molecule has 16 heteroatoms. The summed E-state index contributed by atoms with van der Waals surface area (Å²) in [6, 6.07) is -0.320. The molecule has 0 aliphatic carbocycles. The fraction of sp³-hybridized carbons (Fsp3) is 0.500. The van der Waals surface area contributed by atoms with Crippen molar-refractivity contribution in [2.75, 3.05) is 50.1 Å². The molecular weight excluding hydrogens is 607 g/mol. The third kappa shape index (κ3) is 6.89. The van der Waals surface area contributed by atoms with Crippen LogP contribution >= 0.6 is 0 Å². The van der Waals surface area contributed by atoms with Crippen molar-refractivity contribution in [1.82, 2.24) is 34.7 Å². The van der Waals surface area contributed by atoms with Crippen molar-refractivity contribution in [2.45, 2.75) is 58.8 Å². The molecule has 0 spiro atoms. The predicted molar refractivity (Wildman–Crippen MR) is 166 cm³/mol. The summed E-state index contributed by atoms with van der Waals surface area (Å²) in [6.07, 6.45) is -1.46. The Hall–Kier alpha value is -4.76. The maximum Gasteiger partial charge on any atom is 0.412 e. The molecule has 0 bridgehead atoms. The van der Waals surface area contributed by atoms with Crippen LogP contribution in [0.4, 0.5) is 24.7 Å². The number of hydrogen-bond acceptors (Lipinski definition) is 10. The molecule has 13 nitrogen and oxygen atoms in total. The van der Waals surface area contributed by atoms with Crippen LogP contribution in [0.1, 0.15) is 48.6 Å². The Labute approximate surface area is 263 Å². The highest BCUT2D eigenvalue weighted by molar-refractivity contribution is 5.95. The Morgan fingerprint density at radius 3 is 2.52 bits per heavy atom. The molecule has 1 aliphatic heterocycles. The van der Waals surface area contributed by atoms with Gasteiger partial charge in [0.05, 0.1) is 11.9 Å². The third-order valence-electron chi connectivity index (χ3n) is 8.01. The summed E-state index contributed by atoms with van der Waals surface area (Å²) in [5, 5.41) is 12.9. The molecule has 2 N–H and O–H groups in total. The van der Waals surface area contributed by atoms with Crippen molar-refractivity contribution < 1.29 is 27.9 Å². The summed E-state index contributed by atoms with van der Waals surface area (Å²) in [7, 11) is 3.50. The maximum absolute atomic E-state index is 14.2. The molecule has 0 radical (unpaired) electrons. The van der Waals surface area contributed by atoms with E-state index in [0.29, 0.717) is 30.0 Å². The van der Waals surface area contributed by atoms with E-state index in [1.54, 1.807) is 35.4 Å². The highest BCUT2D eigenvalue weighted by Gasteiger charge is 2.35. The second-order valence-electron chi connectivity index (χ2n) is 11.2. The van der Waals surface area contributed by atoms with Crippen LogP contribution in [-0.4, -0.2) is 98.8 Å². The number of piperazine rings is 1. The van der Waals surface area contributed by atoms with Crippen molar-refractivity contribution in [3.8, 4) is 5.75 Å². The first-order valence-electron chi connectivity index (χ1n) is 14.9. The van der Waals surface area contributed by atoms with Gasteiger partial charge in [0.25, 0.3) is 5.91 Å². The number of alkyl halides is 3. The number of hydrogen-bond donors (Lipinski definition) is 2. The van der Waals surface area contributed by atoms with Crippen molar-refractivity contribution >= 4 is 34.5 Å². The molecule has 4 rings (SSSR count). The van der Waals surface area contributed by atoms with E-state index in [4.69, 9.17) is 0 Å². The molecule has 1 aliphatic rings. The van der Waals surface area contributed by atoms with Gasteiger partial charge >= 0.3 is 6.18 Å². The topological polar surface area (TPSA) is 150 Å². The number of aryl methyl sites for hydroxylation is 1. The second kappa shape index (κ2) is 13.7. The number of carbonyl (C=O) groups excluding carboxylic acids is 2. The van der Waals surface area contributed by atoms with E-state index >= 15 is 0 Å². The minimum Gasteiger partial charge on any atom is -0.504 e. The molecule has 1 atom stereocenters. The lowest BCUT2D eigenvalue weighted by Gasteiger charge is -2.43. The van der Waals surface area contributed by atoms with E-state index in [1.807, 2.05) is 18.7 Å². The van der Waals surface area contributed by atoms with E-state index in [-0.39, 0.29) is 72.5 Å². The third-order valence-corrected chi connectivity index (χ3v) is 8.01. The standard InChI is InChI=1S/C30H38F3N9O4/c1-7-19-14-40(29(46)24-26(44)18(4)36-16-37-24)11-12-41(19)25-20(8-2)42(15-22(43)34-10-9-17(3)30(31,32)33)28-23(27(25)45)38-21(13-35-28)39(5)6/h13,16,19,44H,3,7-12,14-15H2,1-2,4-6H3,(H,34,43). The van der Waals surface area contributed by atoms with Crippen molar-refractivity contribution in [2.24, 2.45) is 0 Å². The van der Waals surface area contributed by atoms with Gasteiger partial charge in [-0.25, -0.2) is 19.9 Å². The van der Waals surface area contributed by atoms with Crippen molar-refractivity contribution in [1.29, 1.82) is 0 Å². The first-order valence-corrected chi connectivity index (χ1v) is 14.9. The average molecular weight is 646 g/mol. The van der Waals surface area contributed by atoms with Gasteiger partial charge in [-0.1, -0.05) is 20.4 Å². The number of halogens is 3. The van der Waals surface area contributed by atoms with Gasteiger partial charge in [0.15, 0.2) is 22.6 Å². The van der Waals surface area contributed by atoms with Crippen LogP contribution in [0.5, 0.6) is 5.75 Å². The molecule has 1 fully saturated rings. The lowest BCUT2D eigenvalue weighted by molar-refractivity contribution is -0.122. The molecule has 2 amide bonds. The van der Waals surface area contributed by atoms with E-state index in [2.05, 4.69) is 31.8 Å². The van der Waals surface area contributed by atoms with Crippen LogP contribution in [0.25, 0.3) is 11.2 Å². The Morgan fingerprint density at radius 1 is 1.17 bits per heavy atom. The second-order valence-corrected chi connectivity index (χ2v) is 11.2. The molecule has 3 aromatic rings. The Bertz CT molecular complexity index is 1710. The largest absolute Gasteiger partial charge is 0.504 e. The number of nitrogens with zero attached hydrogens (tertiary/aromatic N) is 8. The van der Waals surface area contributed by atoms with E-state index in [1.165, 1.54) is 12.5 Å². The molecule has 0 aromatic carbocycles. The maximum atomic E-state index is 14.2. The number of nitrogens with one attached hydrogen (secondary N) is 1. The molecule has 4 heterocycles. The molecular formula is C30H38F3N9O4. The van der Waals surface area contributed by atoms with Gasteiger partial charge in [-0.15, -0.1) is 0 Å². The summed E-state index contributed by atoms with van der Waals surface area (Å²) < 4.78 is 40.2. The molecule has 1 unspecified atom stereocenters. The normalized spacial score (nSPS) is 15.3. The minimum atomic E-state index is -4.55. The van der Waals surface area contributed by atoms with Crippen LogP contribution in [0.15, 0.2) is 29.5 Å².